The van der Waals surface area contributed by atoms with Crippen molar-refractivity contribution in [2.45, 2.75) is 12.5 Å². The molecule has 1 aliphatic heterocycles. The molecule has 1 N–H and O–H groups in total. The van der Waals surface area contributed by atoms with Gasteiger partial charge in [-0.15, -0.1) is 0 Å². The van der Waals surface area contributed by atoms with Crippen LogP contribution in [0.15, 0.2) is 36.5 Å². The van der Waals surface area contributed by atoms with Crippen LogP contribution in [-0.4, -0.2) is 40.8 Å². The molecule has 1 aromatic heterocycles. The van der Waals surface area contributed by atoms with E-state index >= 15 is 0 Å². The number of anilines is 1. The first-order valence-electron chi connectivity index (χ1n) is 7.33. The van der Waals surface area contributed by atoms with E-state index in [9.17, 15) is 4.79 Å². The number of carbonyl (C=O) groups is 1. The van der Waals surface area contributed by atoms with Gasteiger partial charge in [-0.3, -0.25) is 14.4 Å². The zero-order valence-corrected chi connectivity index (χ0v) is 12.8. The maximum absolute atomic E-state index is 12.1. The summed E-state index contributed by atoms with van der Waals surface area (Å²) >= 11 is 0. The third kappa shape index (κ3) is 3.12. The molecule has 22 heavy (non-hydrogen) atoms. The van der Waals surface area contributed by atoms with Crippen molar-refractivity contribution < 1.29 is 9.53 Å². The molecule has 2 aromatic rings. The topological polar surface area (TPSA) is 59.4 Å². The highest BCUT2D eigenvalue weighted by molar-refractivity contribution is 5.91. The van der Waals surface area contributed by atoms with Crippen molar-refractivity contribution in [3.63, 3.8) is 0 Å². The molecular weight excluding hydrogens is 280 g/mol. The second-order valence-electron chi connectivity index (χ2n) is 5.47. The number of hydrogen-bond acceptors (Lipinski definition) is 4. The van der Waals surface area contributed by atoms with Gasteiger partial charge in [-0.05, 0) is 24.1 Å². The van der Waals surface area contributed by atoms with Crippen molar-refractivity contribution in [2.75, 3.05) is 25.5 Å². The summed E-state index contributed by atoms with van der Waals surface area (Å²) in [5.74, 6) is 1.40. The van der Waals surface area contributed by atoms with Gasteiger partial charge in [-0.2, -0.15) is 5.10 Å². The summed E-state index contributed by atoms with van der Waals surface area (Å²) in [7, 11) is 3.49. The van der Waals surface area contributed by atoms with Gasteiger partial charge >= 0.3 is 0 Å². The number of rotatable bonds is 5. The number of methoxy groups -OCH3 is 1. The van der Waals surface area contributed by atoms with Gasteiger partial charge in [-0.1, -0.05) is 12.1 Å². The number of hydrogen-bond donors (Lipinski definition) is 1. The number of nitrogens with zero attached hydrogens (tertiary/aromatic N) is 3. The lowest BCUT2D eigenvalue weighted by Crippen LogP contribution is -2.45. The van der Waals surface area contributed by atoms with Crippen molar-refractivity contribution in [2.24, 2.45) is 7.05 Å². The maximum Gasteiger partial charge on any atom is 0.239 e. The van der Waals surface area contributed by atoms with Crippen molar-refractivity contribution in [1.29, 1.82) is 0 Å². The first kappa shape index (κ1) is 14.6. The highest BCUT2D eigenvalue weighted by Gasteiger charge is 2.31. The van der Waals surface area contributed by atoms with Gasteiger partial charge in [0.15, 0.2) is 5.82 Å². The minimum absolute atomic E-state index is 0.0358. The van der Waals surface area contributed by atoms with Crippen LogP contribution in [0.1, 0.15) is 18.0 Å². The fourth-order valence-electron chi connectivity index (χ4n) is 2.70. The van der Waals surface area contributed by atoms with E-state index in [2.05, 4.69) is 21.4 Å². The summed E-state index contributed by atoms with van der Waals surface area (Å²) in [5.41, 5.74) is 1.19. The van der Waals surface area contributed by atoms with Crippen LogP contribution in [0.4, 0.5) is 5.82 Å². The average molecular weight is 300 g/mol. The Hall–Kier alpha value is -2.34. The molecule has 0 aliphatic carbocycles. The Morgan fingerprint density at radius 1 is 1.45 bits per heavy atom. The molecule has 1 amide bonds. The Labute approximate surface area is 129 Å². The van der Waals surface area contributed by atoms with Crippen molar-refractivity contribution in [1.82, 2.24) is 14.7 Å². The number of likely N-dealkylation sites (tertiary alicyclic amines) is 1. The highest BCUT2D eigenvalue weighted by Crippen LogP contribution is 2.34. The molecule has 0 spiro atoms. The van der Waals surface area contributed by atoms with E-state index in [0.29, 0.717) is 12.4 Å². The summed E-state index contributed by atoms with van der Waals surface area (Å²) < 4.78 is 6.93. The summed E-state index contributed by atoms with van der Waals surface area (Å²) in [5, 5.41) is 6.97. The van der Waals surface area contributed by atoms with Crippen LogP contribution in [0.25, 0.3) is 0 Å². The van der Waals surface area contributed by atoms with Crippen LogP contribution in [-0.2, 0) is 11.8 Å². The lowest BCUT2D eigenvalue weighted by Gasteiger charge is -2.40. The second-order valence-corrected chi connectivity index (χ2v) is 5.47. The second kappa shape index (κ2) is 6.19. The predicted molar refractivity (Wildman–Crippen MR) is 83.8 cm³/mol. The number of nitrogens with one attached hydrogen (secondary N) is 1. The number of aryl methyl sites for hydroxylation is 1. The average Bonchev–Trinajstić information content (AvgIpc) is 2.89. The SMILES string of the molecule is COc1cccc([C@@H]2CCN2CC(=O)Nc2ccn(C)n2)c1. The van der Waals surface area contributed by atoms with Gasteiger partial charge in [0, 0.05) is 31.9 Å². The smallest absolute Gasteiger partial charge is 0.239 e. The molecule has 1 atom stereocenters. The molecule has 1 aliphatic rings. The Balaban J connectivity index is 1.59. The lowest BCUT2D eigenvalue weighted by atomic mass is 9.94. The number of carbonyl (C=O) groups excluding carboxylic acids is 1. The Kier molecular flexibility index (Phi) is 4.11. The van der Waals surface area contributed by atoms with E-state index in [4.69, 9.17) is 4.74 Å². The predicted octanol–water partition coefficient (Wildman–Crippen LogP) is 1.81. The number of aromatic nitrogens is 2. The fraction of sp³-hybridized carbons (Fsp3) is 0.375. The van der Waals surface area contributed by atoms with E-state index in [1.165, 1.54) is 5.56 Å². The maximum atomic E-state index is 12.1. The molecule has 1 aromatic carbocycles. The van der Waals surface area contributed by atoms with Crippen molar-refractivity contribution in [3.8, 4) is 5.75 Å². The van der Waals surface area contributed by atoms with E-state index in [1.807, 2.05) is 25.2 Å². The number of benzene rings is 1. The summed E-state index contributed by atoms with van der Waals surface area (Å²) in [6.45, 7) is 1.30. The van der Waals surface area contributed by atoms with Crippen LogP contribution in [0.2, 0.25) is 0 Å². The van der Waals surface area contributed by atoms with Gasteiger partial charge in [0.25, 0.3) is 0 Å². The third-order valence-electron chi connectivity index (χ3n) is 3.94. The van der Waals surface area contributed by atoms with Crippen LogP contribution >= 0.6 is 0 Å². The molecule has 0 bridgehead atoms. The molecular formula is C16H20N4O2. The summed E-state index contributed by atoms with van der Waals surface area (Å²) in [6.07, 6.45) is 2.86. The van der Waals surface area contributed by atoms with Crippen molar-refractivity contribution >= 4 is 11.7 Å². The molecule has 1 fully saturated rings. The Morgan fingerprint density at radius 2 is 2.32 bits per heavy atom. The van der Waals surface area contributed by atoms with Crippen LogP contribution in [0.3, 0.4) is 0 Å². The van der Waals surface area contributed by atoms with Gasteiger partial charge in [-0.25, -0.2) is 0 Å². The monoisotopic (exact) mass is 300 g/mol. The fourth-order valence-corrected chi connectivity index (χ4v) is 2.70. The molecule has 6 heteroatoms. The first-order valence-corrected chi connectivity index (χ1v) is 7.33. The van der Waals surface area contributed by atoms with Gasteiger partial charge < -0.3 is 10.1 Å². The van der Waals surface area contributed by atoms with Gasteiger partial charge in [0.05, 0.1) is 13.7 Å². The quantitative estimate of drug-likeness (QED) is 0.915. The normalized spacial score (nSPS) is 17.8. The third-order valence-corrected chi connectivity index (χ3v) is 3.94. The standard InChI is InChI=1S/C16H20N4O2/c1-19-8-7-15(18-19)17-16(21)11-20-9-6-14(20)12-4-3-5-13(10-12)22-2/h3-5,7-8,10,14H,6,9,11H2,1-2H3,(H,17,18,21)/t14-/m0/s1. The molecule has 2 heterocycles. The zero-order valence-electron chi connectivity index (χ0n) is 12.8. The molecule has 0 unspecified atom stereocenters. The molecule has 116 valence electrons. The van der Waals surface area contributed by atoms with E-state index in [-0.39, 0.29) is 11.9 Å². The minimum Gasteiger partial charge on any atom is -0.497 e. The number of amides is 1. The van der Waals surface area contributed by atoms with E-state index in [1.54, 1.807) is 24.1 Å². The Bertz CT molecular complexity index is 668. The lowest BCUT2D eigenvalue weighted by molar-refractivity contribution is -0.119. The molecule has 3 rings (SSSR count). The minimum atomic E-state index is -0.0358. The van der Waals surface area contributed by atoms with Crippen LogP contribution in [0.5, 0.6) is 5.75 Å². The molecule has 0 saturated carbocycles. The van der Waals surface area contributed by atoms with Gasteiger partial charge in [0.2, 0.25) is 5.91 Å². The highest BCUT2D eigenvalue weighted by atomic mass is 16.5. The Morgan fingerprint density at radius 3 is 2.95 bits per heavy atom. The summed E-state index contributed by atoms with van der Waals surface area (Å²) in [4.78, 5) is 14.3. The summed E-state index contributed by atoms with van der Waals surface area (Å²) in [6, 6.07) is 10.1. The van der Waals surface area contributed by atoms with E-state index < -0.39 is 0 Å². The molecule has 1 saturated heterocycles. The van der Waals surface area contributed by atoms with Crippen molar-refractivity contribution in [3.05, 3.63) is 42.1 Å². The molecule has 0 radical (unpaired) electrons. The van der Waals surface area contributed by atoms with Crippen LogP contribution in [0, 0.1) is 0 Å². The first-order chi connectivity index (χ1) is 10.7. The largest absolute Gasteiger partial charge is 0.497 e. The van der Waals surface area contributed by atoms with E-state index in [0.717, 1.165) is 18.7 Å². The molecule has 6 nitrogen and oxygen atoms in total. The van der Waals surface area contributed by atoms with Gasteiger partial charge in [0.1, 0.15) is 5.75 Å². The zero-order chi connectivity index (χ0) is 15.5. The number of ether oxygens (including phenoxy) is 1. The van der Waals surface area contributed by atoms with Crippen LogP contribution < -0.4 is 10.1 Å².